The second-order valence-electron chi connectivity index (χ2n) is 4.42. The number of thioether (sulfide) groups is 1. The molecule has 1 heterocycles. The molecule has 2 aromatic rings. The predicted molar refractivity (Wildman–Crippen MR) is 84.7 cm³/mol. The molecule has 1 aromatic carbocycles. The summed E-state index contributed by atoms with van der Waals surface area (Å²) in [6.45, 7) is 7.71. The summed E-state index contributed by atoms with van der Waals surface area (Å²) < 4.78 is 0. The van der Waals surface area contributed by atoms with Crippen LogP contribution >= 0.6 is 11.8 Å². The molecule has 0 spiro atoms. The fraction of sp³-hybridized carbons (Fsp3) is 0.400. The highest BCUT2D eigenvalue weighted by Crippen LogP contribution is 2.30. The average molecular weight is 275 g/mol. The number of benzene rings is 1. The van der Waals surface area contributed by atoms with Gasteiger partial charge in [0, 0.05) is 28.8 Å². The van der Waals surface area contributed by atoms with Crippen molar-refractivity contribution in [1.82, 2.24) is 9.88 Å². The van der Waals surface area contributed by atoms with Crippen molar-refractivity contribution < 1.29 is 0 Å². The number of fused-ring (bicyclic) bond motifs is 1. The van der Waals surface area contributed by atoms with Crippen LogP contribution in [0.5, 0.6) is 0 Å². The quantitative estimate of drug-likeness (QED) is 0.649. The van der Waals surface area contributed by atoms with Crippen molar-refractivity contribution in [2.45, 2.75) is 18.7 Å². The zero-order valence-corrected chi connectivity index (χ0v) is 12.4. The minimum atomic E-state index is 0.857. The topological polar surface area (TPSA) is 42.2 Å². The molecule has 102 valence electrons. The van der Waals surface area contributed by atoms with Crippen molar-refractivity contribution in [3.8, 4) is 0 Å². The van der Waals surface area contributed by atoms with Gasteiger partial charge in [0.25, 0.3) is 0 Å². The molecule has 0 aliphatic rings. The Morgan fingerprint density at radius 3 is 2.74 bits per heavy atom. The number of rotatable bonds is 6. The molecule has 0 radical (unpaired) electrons. The maximum absolute atomic E-state index is 6.23. The summed E-state index contributed by atoms with van der Waals surface area (Å²) >= 11 is 1.83. The minimum absolute atomic E-state index is 0.857. The summed E-state index contributed by atoms with van der Waals surface area (Å²) in [7, 11) is 0. The van der Waals surface area contributed by atoms with Crippen LogP contribution in [-0.2, 0) is 0 Å². The SMILES string of the molecule is CCN(CC)CCSc1ccc2ncccc2c1N. The first-order valence-electron chi connectivity index (χ1n) is 6.74. The Morgan fingerprint density at radius 2 is 2.00 bits per heavy atom. The fourth-order valence-electron chi connectivity index (χ4n) is 2.11. The first-order chi connectivity index (χ1) is 9.26. The van der Waals surface area contributed by atoms with E-state index in [-0.39, 0.29) is 0 Å². The first-order valence-corrected chi connectivity index (χ1v) is 7.73. The first kappa shape index (κ1) is 14.2. The van der Waals surface area contributed by atoms with Gasteiger partial charge in [-0.2, -0.15) is 0 Å². The van der Waals surface area contributed by atoms with Gasteiger partial charge in [0.15, 0.2) is 0 Å². The number of nitrogens with zero attached hydrogens (tertiary/aromatic N) is 2. The lowest BCUT2D eigenvalue weighted by Gasteiger charge is -2.17. The molecule has 0 amide bonds. The van der Waals surface area contributed by atoms with Crippen LogP contribution in [0.25, 0.3) is 10.9 Å². The largest absolute Gasteiger partial charge is 0.397 e. The van der Waals surface area contributed by atoms with Crippen molar-refractivity contribution in [2.24, 2.45) is 0 Å². The third-order valence-corrected chi connectivity index (χ3v) is 4.40. The maximum Gasteiger partial charge on any atom is 0.0723 e. The zero-order chi connectivity index (χ0) is 13.7. The lowest BCUT2D eigenvalue weighted by molar-refractivity contribution is 0.324. The number of nitrogens with two attached hydrogens (primary N) is 1. The van der Waals surface area contributed by atoms with E-state index in [0.29, 0.717) is 0 Å². The van der Waals surface area contributed by atoms with Crippen molar-refractivity contribution in [3.63, 3.8) is 0 Å². The molecule has 0 atom stereocenters. The Morgan fingerprint density at radius 1 is 1.21 bits per heavy atom. The van der Waals surface area contributed by atoms with E-state index in [1.165, 1.54) is 0 Å². The second-order valence-corrected chi connectivity index (χ2v) is 5.56. The van der Waals surface area contributed by atoms with Crippen LogP contribution in [0.4, 0.5) is 5.69 Å². The molecule has 19 heavy (non-hydrogen) atoms. The summed E-state index contributed by atoms with van der Waals surface area (Å²) in [6, 6.07) is 8.10. The lowest BCUT2D eigenvalue weighted by atomic mass is 10.2. The summed E-state index contributed by atoms with van der Waals surface area (Å²) in [5, 5.41) is 1.05. The summed E-state index contributed by atoms with van der Waals surface area (Å²) in [5.74, 6) is 1.07. The minimum Gasteiger partial charge on any atom is -0.397 e. The number of hydrogen-bond acceptors (Lipinski definition) is 4. The molecule has 0 aliphatic heterocycles. The normalized spacial score (nSPS) is 11.3. The van der Waals surface area contributed by atoms with E-state index in [1.807, 2.05) is 30.0 Å². The van der Waals surface area contributed by atoms with Gasteiger partial charge in [-0.05, 0) is 37.4 Å². The summed E-state index contributed by atoms with van der Waals surface area (Å²) in [6.07, 6.45) is 1.80. The van der Waals surface area contributed by atoms with Gasteiger partial charge in [-0.15, -0.1) is 11.8 Å². The highest BCUT2D eigenvalue weighted by atomic mass is 32.2. The van der Waals surface area contributed by atoms with Crippen LogP contribution in [0.2, 0.25) is 0 Å². The molecule has 0 saturated carbocycles. The Bertz CT molecular complexity index is 538. The molecule has 1 aromatic heterocycles. The van der Waals surface area contributed by atoms with Gasteiger partial charge in [-0.3, -0.25) is 4.98 Å². The zero-order valence-electron chi connectivity index (χ0n) is 11.6. The highest BCUT2D eigenvalue weighted by Gasteiger charge is 2.06. The Hall–Kier alpha value is -1.26. The highest BCUT2D eigenvalue weighted by molar-refractivity contribution is 7.99. The molecular formula is C15H21N3S. The third-order valence-electron chi connectivity index (χ3n) is 3.35. The Labute approximate surface area is 119 Å². The number of aromatic nitrogens is 1. The van der Waals surface area contributed by atoms with Gasteiger partial charge in [0.05, 0.1) is 11.2 Å². The van der Waals surface area contributed by atoms with Gasteiger partial charge < -0.3 is 10.6 Å². The van der Waals surface area contributed by atoms with Crippen LogP contribution in [-0.4, -0.2) is 35.3 Å². The van der Waals surface area contributed by atoms with E-state index in [0.717, 1.165) is 46.9 Å². The van der Waals surface area contributed by atoms with E-state index >= 15 is 0 Å². The summed E-state index contributed by atoms with van der Waals surface area (Å²) in [5.41, 5.74) is 8.05. The molecule has 2 rings (SSSR count). The van der Waals surface area contributed by atoms with Gasteiger partial charge in [-0.1, -0.05) is 13.8 Å². The second kappa shape index (κ2) is 6.78. The van der Waals surface area contributed by atoms with Gasteiger partial charge in [0.1, 0.15) is 0 Å². The molecule has 0 saturated heterocycles. The Kier molecular flexibility index (Phi) is 5.05. The molecule has 0 bridgehead atoms. The van der Waals surface area contributed by atoms with Crippen LogP contribution in [0.15, 0.2) is 35.4 Å². The number of nitrogen functional groups attached to an aromatic ring is 1. The third kappa shape index (κ3) is 3.39. The van der Waals surface area contributed by atoms with Crippen molar-refractivity contribution in [1.29, 1.82) is 0 Å². The molecule has 3 nitrogen and oxygen atoms in total. The number of anilines is 1. The summed E-state index contributed by atoms with van der Waals surface area (Å²) in [4.78, 5) is 7.90. The van der Waals surface area contributed by atoms with E-state index in [1.54, 1.807) is 6.20 Å². The number of hydrogen-bond donors (Lipinski definition) is 1. The molecule has 0 unspecified atom stereocenters. The molecular weight excluding hydrogens is 254 g/mol. The molecule has 0 aliphatic carbocycles. The fourth-order valence-corrected chi connectivity index (χ4v) is 3.10. The number of pyridine rings is 1. The van der Waals surface area contributed by atoms with Gasteiger partial charge in [-0.25, -0.2) is 0 Å². The Balaban J connectivity index is 2.07. The lowest BCUT2D eigenvalue weighted by Crippen LogP contribution is -2.25. The van der Waals surface area contributed by atoms with E-state index < -0.39 is 0 Å². The van der Waals surface area contributed by atoms with Crippen LogP contribution < -0.4 is 5.73 Å². The molecule has 0 fully saturated rings. The molecule has 4 heteroatoms. The van der Waals surface area contributed by atoms with Gasteiger partial charge in [0.2, 0.25) is 0 Å². The van der Waals surface area contributed by atoms with E-state index in [9.17, 15) is 0 Å². The van der Waals surface area contributed by atoms with Crippen LogP contribution in [0.1, 0.15) is 13.8 Å². The van der Waals surface area contributed by atoms with Crippen molar-refractivity contribution in [3.05, 3.63) is 30.5 Å². The molecule has 2 N–H and O–H groups in total. The van der Waals surface area contributed by atoms with Crippen LogP contribution in [0.3, 0.4) is 0 Å². The van der Waals surface area contributed by atoms with E-state index in [2.05, 4.69) is 29.8 Å². The van der Waals surface area contributed by atoms with Crippen molar-refractivity contribution in [2.75, 3.05) is 31.1 Å². The maximum atomic E-state index is 6.23. The monoisotopic (exact) mass is 275 g/mol. The van der Waals surface area contributed by atoms with Gasteiger partial charge >= 0.3 is 0 Å². The standard InChI is InChI=1S/C15H21N3S/c1-3-18(4-2)10-11-19-14-8-7-13-12(15(14)16)6-5-9-17-13/h5-9H,3-4,10-11,16H2,1-2H3. The predicted octanol–water partition coefficient (Wildman–Crippen LogP) is 3.25. The van der Waals surface area contributed by atoms with Crippen LogP contribution in [0, 0.1) is 0 Å². The van der Waals surface area contributed by atoms with Crippen molar-refractivity contribution >= 4 is 28.4 Å². The average Bonchev–Trinajstić information content (AvgIpc) is 2.46. The van der Waals surface area contributed by atoms with E-state index in [4.69, 9.17) is 5.73 Å². The smallest absolute Gasteiger partial charge is 0.0723 e.